The Morgan fingerprint density at radius 2 is 1.64 bits per heavy atom. The fourth-order valence-corrected chi connectivity index (χ4v) is 4.29. The highest BCUT2D eigenvalue weighted by atomic mass is 32.2. The standard InChI is InChI=1S/C19H20N4O4S/c1-3-22-16-6-4-5-7-17(16)23-18(22)20-21-19(23)28(24,25)13-12-27-15-10-8-14(26-2)9-11-15/h4-11H,3,12-13H2,1-2H3. The third kappa shape index (κ3) is 3.07. The largest absolute Gasteiger partial charge is 0.497 e. The fraction of sp³-hybridized carbons (Fsp3) is 0.263. The van der Waals surface area contributed by atoms with Crippen molar-refractivity contribution in [3.05, 3.63) is 48.5 Å². The molecule has 9 heteroatoms. The molecule has 0 fully saturated rings. The van der Waals surface area contributed by atoms with Gasteiger partial charge in [0.25, 0.3) is 5.16 Å². The Balaban J connectivity index is 1.61. The number of ether oxygens (including phenoxy) is 2. The number of fused-ring (bicyclic) bond motifs is 3. The maximum Gasteiger partial charge on any atom is 0.256 e. The highest BCUT2D eigenvalue weighted by Gasteiger charge is 2.25. The summed E-state index contributed by atoms with van der Waals surface area (Å²) in [4.78, 5) is 0. The Hall–Kier alpha value is -3.07. The first-order valence-electron chi connectivity index (χ1n) is 8.87. The molecule has 0 atom stereocenters. The lowest BCUT2D eigenvalue weighted by Crippen LogP contribution is -2.16. The number of hydrogen-bond acceptors (Lipinski definition) is 6. The van der Waals surface area contributed by atoms with E-state index in [1.165, 1.54) is 0 Å². The first kappa shape index (κ1) is 18.3. The zero-order chi connectivity index (χ0) is 19.7. The first-order chi connectivity index (χ1) is 13.5. The second-order valence-electron chi connectivity index (χ2n) is 6.19. The van der Waals surface area contributed by atoms with E-state index < -0.39 is 9.84 Å². The fourth-order valence-electron chi connectivity index (χ4n) is 3.18. The molecule has 28 heavy (non-hydrogen) atoms. The molecule has 0 unspecified atom stereocenters. The SMILES string of the molecule is CCn1c2ccccc2n2c(S(=O)(=O)CCOc3ccc(OC)cc3)nnc12. The molecule has 2 aromatic heterocycles. The van der Waals surface area contributed by atoms with Gasteiger partial charge >= 0.3 is 0 Å². The number of para-hydroxylation sites is 2. The van der Waals surface area contributed by atoms with Crippen molar-refractivity contribution in [1.29, 1.82) is 0 Å². The van der Waals surface area contributed by atoms with Crippen LogP contribution in [0.5, 0.6) is 11.5 Å². The van der Waals surface area contributed by atoms with Gasteiger partial charge in [-0.05, 0) is 43.3 Å². The summed E-state index contributed by atoms with van der Waals surface area (Å²) in [6.07, 6.45) is 0. The summed E-state index contributed by atoms with van der Waals surface area (Å²) in [5.74, 6) is 1.59. The van der Waals surface area contributed by atoms with Gasteiger partial charge in [-0.1, -0.05) is 12.1 Å². The first-order valence-corrected chi connectivity index (χ1v) is 10.5. The lowest BCUT2D eigenvalue weighted by Gasteiger charge is -2.07. The van der Waals surface area contributed by atoms with Crippen molar-refractivity contribution in [2.45, 2.75) is 18.6 Å². The van der Waals surface area contributed by atoms with Gasteiger partial charge < -0.3 is 14.0 Å². The molecule has 0 amide bonds. The normalized spacial score (nSPS) is 11.9. The van der Waals surface area contributed by atoms with Gasteiger partial charge in [-0.2, -0.15) is 0 Å². The molecule has 2 heterocycles. The van der Waals surface area contributed by atoms with E-state index in [-0.39, 0.29) is 17.5 Å². The summed E-state index contributed by atoms with van der Waals surface area (Å²) in [5.41, 5.74) is 1.68. The molecular weight excluding hydrogens is 380 g/mol. The third-order valence-corrected chi connectivity index (χ3v) is 6.07. The predicted octanol–water partition coefficient (Wildman–Crippen LogP) is 2.57. The summed E-state index contributed by atoms with van der Waals surface area (Å²) in [5, 5.41) is 8.02. The van der Waals surface area contributed by atoms with E-state index in [9.17, 15) is 8.42 Å². The minimum Gasteiger partial charge on any atom is -0.497 e. The molecule has 0 saturated heterocycles. The Morgan fingerprint density at radius 1 is 0.964 bits per heavy atom. The van der Waals surface area contributed by atoms with Crippen LogP contribution in [0, 0.1) is 0 Å². The van der Waals surface area contributed by atoms with Gasteiger partial charge in [0.15, 0.2) is 0 Å². The molecule has 0 saturated carbocycles. The van der Waals surface area contributed by atoms with Crippen LogP contribution in [-0.2, 0) is 16.4 Å². The van der Waals surface area contributed by atoms with Crippen molar-refractivity contribution in [2.75, 3.05) is 19.5 Å². The molecule has 4 rings (SSSR count). The van der Waals surface area contributed by atoms with Crippen LogP contribution in [0.2, 0.25) is 0 Å². The monoisotopic (exact) mass is 400 g/mol. The maximum absolute atomic E-state index is 12.9. The lowest BCUT2D eigenvalue weighted by atomic mass is 10.3. The molecule has 0 aliphatic rings. The quantitative estimate of drug-likeness (QED) is 0.474. The van der Waals surface area contributed by atoms with Crippen LogP contribution in [0.4, 0.5) is 0 Å². The summed E-state index contributed by atoms with van der Waals surface area (Å²) in [6, 6.07) is 14.6. The minimum atomic E-state index is -3.69. The molecule has 0 N–H and O–H groups in total. The summed E-state index contributed by atoms with van der Waals surface area (Å²) in [6.45, 7) is 2.66. The number of aryl methyl sites for hydroxylation is 1. The number of hydrogen-bond donors (Lipinski definition) is 0. The summed E-state index contributed by atoms with van der Waals surface area (Å²) in [7, 11) is -2.11. The van der Waals surface area contributed by atoms with Crippen LogP contribution in [-0.4, -0.2) is 47.1 Å². The molecule has 146 valence electrons. The molecule has 8 nitrogen and oxygen atoms in total. The Kier molecular flexibility index (Phi) is 4.68. The zero-order valence-electron chi connectivity index (χ0n) is 15.6. The summed E-state index contributed by atoms with van der Waals surface area (Å²) >= 11 is 0. The van der Waals surface area contributed by atoms with Gasteiger partial charge in [0.2, 0.25) is 15.6 Å². The molecule has 4 aromatic rings. The van der Waals surface area contributed by atoms with E-state index in [0.29, 0.717) is 23.8 Å². The third-order valence-electron chi connectivity index (χ3n) is 4.55. The van der Waals surface area contributed by atoms with Gasteiger partial charge in [-0.25, -0.2) is 12.8 Å². The second kappa shape index (κ2) is 7.16. The van der Waals surface area contributed by atoms with Crippen molar-refractivity contribution < 1.29 is 17.9 Å². The number of benzene rings is 2. The number of rotatable bonds is 7. The Labute approximate surface area is 162 Å². The number of imidazole rings is 1. The number of aromatic nitrogens is 4. The average Bonchev–Trinajstić information content (AvgIpc) is 3.27. The van der Waals surface area contributed by atoms with Crippen molar-refractivity contribution in [3.63, 3.8) is 0 Å². The van der Waals surface area contributed by atoms with Crippen LogP contribution in [0.1, 0.15) is 6.92 Å². The second-order valence-corrected chi connectivity index (χ2v) is 8.20. The van der Waals surface area contributed by atoms with Gasteiger partial charge in [-0.15, -0.1) is 10.2 Å². The van der Waals surface area contributed by atoms with E-state index in [4.69, 9.17) is 9.47 Å². The van der Waals surface area contributed by atoms with Gasteiger partial charge in [-0.3, -0.25) is 0 Å². The van der Waals surface area contributed by atoms with E-state index in [2.05, 4.69) is 10.2 Å². The Morgan fingerprint density at radius 3 is 2.32 bits per heavy atom. The molecular formula is C19H20N4O4S. The highest BCUT2D eigenvalue weighted by molar-refractivity contribution is 7.91. The molecule has 2 aromatic carbocycles. The van der Waals surface area contributed by atoms with Crippen LogP contribution in [0.15, 0.2) is 53.7 Å². The van der Waals surface area contributed by atoms with E-state index in [1.807, 2.05) is 35.8 Å². The van der Waals surface area contributed by atoms with E-state index >= 15 is 0 Å². The number of methoxy groups -OCH3 is 1. The van der Waals surface area contributed by atoms with Crippen LogP contribution in [0.3, 0.4) is 0 Å². The highest BCUT2D eigenvalue weighted by Crippen LogP contribution is 2.23. The lowest BCUT2D eigenvalue weighted by molar-refractivity contribution is 0.339. The van der Waals surface area contributed by atoms with Crippen LogP contribution >= 0.6 is 0 Å². The van der Waals surface area contributed by atoms with Crippen molar-refractivity contribution in [3.8, 4) is 11.5 Å². The van der Waals surface area contributed by atoms with Gasteiger partial charge in [0.05, 0.1) is 23.9 Å². The molecule has 0 aliphatic heterocycles. The van der Waals surface area contributed by atoms with Crippen molar-refractivity contribution >= 4 is 26.6 Å². The average molecular weight is 400 g/mol. The van der Waals surface area contributed by atoms with Crippen LogP contribution in [0.25, 0.3) is 16.8 Å². The topological polar surface area (TPSA) is 87.7 Å². The molecule has 0 spiro atoms. The van der Waals surface area contributed by atoms with Crippen molar-refractivity contribution in [1.82, 2.24) is 19.2 Å². The van der Waals surface area contributed by atoms with E-state index in [1.54, 1.807) is 35.8 Å². The summed E-state index contributed by atoms with van der Waals surface area (Å²) < 4.78 is 40.0. The van der Waals surface area contributed by atoms with Gasteiger partial charge in [0.1, 0.15) is 18.1 Å². The zero-order valence-corrected chi connectivity index (χ0v) is 16.4. The minimum absolute atomic E-state index is 0.00992. The molecule has 0 bridgehead atoms. The number of nitrogens with zero attached hydrogens (tertiary/aromatic N) is 4. The number of sulfone groups is 1. The molecule has 0 aliphatic carbocycles. The molecule has 0 radical (unpaired) electrons. The predicted molar refractivity (Wildman–Crippen MR) is 105 cm³/mol. The Bertz CT molecular complexity index is 1230. The smallest absolute Gasteiger partial charge is 0.256 e. The van der Waals surface area contributed by atoms with E-state index in [0.717, 1.165) is 11.0 Å². The van der Waals surface area contributed by atoms with Crippen molar-refractivity contribution in [2.24, 2.45) is 0 Å². The van der Waals surface area contributed by atoms with Crippen LogP contribution < -0.4 is 9.47 Å². The van der Waals surface area contributed by atoms with Gasteiger partial charge in [0, 0.05) is 6.54 Å². The maximum atomic E-state index is 12.9.